The van der Waals surface area contributed by atoms with Gasteiger partial charge in [-0.25, -0.2) is 0 Å². The van der Waals surface area contributed by atoms with Crippen molar-refractivity contribution in [2.75, 3.05) is 13.1 Å². The van der Waals surface area contributed by atoms with Crippen molar-refractivity contribution < 1.29 is 4.79 Å². The second-order valence-corrected chi connectivity index (χ2v) is 7.23. The third kappa shape index (κ3) is 3.83. The average molecular weight is 339 g/mol. The molecule has 1 amide bonds. The number of halogens is 1. The van der Waals surface area contributed by atoms with Crippen molar-refractivity contribution in [3.8, 4) is 0 Å². The van der Waals surface area contributed by atoms with Crippen molar-refractivity contribution in [1.82, 2.24) is 4.90 Å². The predicted octanol–water partition coefficient (Wildman–Crippen LogP) is 2.97. The smallest absolute Gasteiger partial charge is 0.222 e. The molecule has 1 aliphatic heterocycles. The Bertz CT molecular complexity index is 487. The number of aryl methyl sites for hydroxylation is 1. The highest BCUT2D eigenvalue weighted by Crippen LogP contribution is 2.29. The molecule has 1 heterocycles. The van der Waals surface area contributed by atoms with Gasteiger partial charge in [-0.1, -0.05) is 41.9 Å². The number of carbonyl (C=O) groups is 1. The lowest BCUT2D eigenvalue weighted by Crippen LogP contribution is -2.54. The summed E-state index contributed by atoms with van der Waals surface area (Å²) >= 11 is 3.45. The third-order valence-corrected chi connectivity index (χ3v) is 4.81. The zero-order valence-electron chi connectivity index (χ0n) is 12.2. The lowest BCUT2D eigenvalue weighted by atomic mass is 9.78. The predicted molar refractivity (Wildman–Crippen MR) is 85.4 cm³/mol. The molecule has 0 radical (unpaired) electrons. The van der Waals surface area contributed by atoms with E-state index in [9.17, 15) is 4.79 Å². The van der Waals surface area contributed by atoms with E-state index < -0.39 is 0 Å². The molecule has 0 saturated carbocycles. The zero-order valence-corrected chi connectivity index (χ0v) is 13.8. The van der Waals surface area contributed by atoms with Crippen LogP contribution in [-0.2, 0) is 11.2 Å². The SMILES string of the molecule is CC1(C)CCN(C(=O)CCc2cccc(Br)c2)CC1N. The maximum absolute atomic E-state index is 12.3. The number of nitrogens with two attached hydrogens (primary N) is 1. The molecule has 1 aromatic carbocycles. The number of hydrogen-bond acceptors (Lipinski definition) is 2. The van der Waals surface area contributed by atoms with Crippen molar-refractivity contribution in [1.29, 1.82) is 0 Å². The molecule has 1 aromatic rings. The Morgan fingerprint density at radius 3 is 2.90 bits per heavy atom. The lowest BCUT2D eigenvalue weighted by Gasteiger charge is -2.42. The average Bonchev–Trinajstić information content (AvgIpc) is 2.39. The zero-order chi connectivity index (χ0) is 14.8. The van der Waals surface area contributed by atoms with E-state index in [1.807, 2.05) is 17.0 Å². The molecule has 20 heavy (non-hydrogen) atoms. The molecule has 0 spiro atoms. The number of likely N-dealkylation sites (tertiary alicyclic amines) is 1. The maximum atomic E-state index is 12.3. The van der Waals surface area contributed by atoms with E-state index in [2.05, 4.69) is 41.9 Å². The minimum Gasteiger partial charge on any atom is -0.341 e. The van der Waals surface area contributed by atoms with Gasteiger partial charge in [0.2, 0.25) is 5.91 Å². The first kappa shape index (κ1) is 15.5. The molecule has 0 aromatic heterocycles. The number of rotatable bonds is 3. The van der Waals surface area contributed by atoms with Crippen LogP contribution in [0.1, 0.15) is 32.3 Å². The molecular weight excluding hydrogens is 316 g/mol. The monoisotopic (exact) mass is 338 g/mol. The Balaban J connectivity index is 1.87. The van der Waals surface area contributed by atoms with Crippen molar-refractivity contribution in [2.45, 2.75) is 39.2 Å². The van der Waals surface area contributed by atoms with Gasteiger partial charge in [-0.05, 0) is 36.0 Å². The minimum absolute atomic E-state index is 0.0751. The molecule has 4 heteroatoms. The Morgan fingerprint density at radius 1 is 1.50 bits per heavy atom. The number of benzene rings is 1. The van der Waals surface area contributed by atoms with Crippen LogP contribution >= 0.6 is 15.9 Å². The first-order chi connectivity index (χ1) is 9.38. The van der Waals surface area contributed by atoms with Gasteiger partial charge in [-0.15, -0.1) is 0 Å². The van der Waals surface area contributed by atoms with Gasteiger partial charge >= 0.3 is 0 Å². The van der Waals surface area contributed by atoms with Gasteiger partial charge in [0, 0.05) is 30.0 Å². The summed E-state index contributed by atoms with van der Waals surface area (Å²) in [4.78, 5) is 14.2. The van der Waals surface area contributed by atoms with E-state index in [-0.39, 0.29) is 17.4 Å². The molecule has 2 N–H and O–H groups in total. The first-order valence-electron chi connectivity index (χ1n) is 7.16. The first-order valence-corrected chi connectivity index (χ1v) is 7.95. The Kier molecular flexibility index (Phi) is 4.86. The third-order valence-electron chi connectivity index (χ3n) is 4.32. The highest BCUT2D eigenvalue weighted by atomic mass is 79.9. The number of carbonyl (C=O) groups excluding carboxylic acids is 1. The number of amides is 1. The summed E-state index contributed by atoms with van der Waals surface area (Å²) in [6, 6.07) is 8.20. The summed E-state index contributed by atoms with van der Waals surface area (Å²) in [7, 11) is 0. The molecule has 1 atom stereocenters. The molecule has 1 unspecified atom stereocenters. The Hall–Kier alpha value is -0.870. The van der Waals surface area contributed by atoms with Crippen LogP contribution in [0.5, 0.6) is 0 Å². The van der Waals surface area contributed by atoms with Crippen molar-refractivity contribution in [3.63, 3.8) is 0 Å². The molecule has 1 aliphatic rings. The van der Waals surface area contributed by atoms with Crippen LogP contribution < -0.4 is 5.73 Å². The number of hydrogen-bond donors (Lipinski definition) is 1. The van der Waals surface area contributed by atoms with Crippen LogP contribution in [0.15, 0.2) is 28.7 Å². The molecule has 2 rings (SSSR count). The van der Waals surface area contributed by atoms with E-state index in [1.54, 1.807) is 0 Å². The largest absolute Gasteiger partial charge is 0.341 e. The molecule has 3 nitrogen and oxygen atoms in total. The molecule has 0 bridgehead atoms. The van der Waals surface area contributed by atoms with Crippen LogP contribution in [-0.4, -0.2) is 29.9 Å². The Labute approximate surface area is 129 Å². The van der Waals surface area contributed by atoms with Crippen LogP contribution in [0, 0.1) is 5.41 Å². The summed E-state index contributed by atoms with van der Waals surface area (Å²) in [5.41, 5.74) is 7.50. The van der Waals surface area contributed by atoms with E-state index in [4.69, 9.17) is 5.73 Å². The standard InChI is InChI=1S/C16H23BrN2O/c1-16(2)8-9-19(11-14(16)18)15(20)7-6-12-4-3-5-13(17)10-12/h3-5,10,14H,6-9,11,18H2,1-2H3. The second-order valence-electron chi connectivity index (χ2n) is 6.31. The van der Waals surface area contributed by atoms with Gasteiger partial charge in [0.05, 0.1) is 0 Å². The van der Waals surface area contributed by atoms with E-state index in [1.165, 1.54) is 5.56 Å². The summed E-state index contributed by atoms with van der Waals surface area (Å²) in [6.07, 6.45) is 2.33. The summed E-state index contributed by atoms with van der Waals surface area (Å²) in [5.74, 6) is 0.218. The van der Waals surface area contributed by atoms with Crippen LogP contribution in [0.4, 0.5) is 0 Å². The second kappa shape index (κ2) is 6.27. The summed E-state index contributed by atoms with van der Waals surface area (Å²) in [5, 5.41) is 0. The number of piperidine rings is 1. The molecule has 1 saturated heterocycles. The van der Waals surface area contributed by atoms with Crippen LogP contribution in [0.2, 0.25) is 0 Å². The highest BCUT2D eigenvalue weighted by molar-refractivity contribution is 9.10. The van der Waals surface area contributed by atoms with Crippen molar-refractivity contribution in [3.05, 3.63) is 34.3 Å². The quantitative estimate of drug-likeness (QED) is 0.920. The fraction of sp³-hybridized carbons (Fsp3) is 0.562. The van der Waals surface area contributed by atoms with Gasteiger partial charge in [0.1, 0.15) is 0 Å². The van der Waals surface area contributed by atoms with E-state index in [0.29, 0.717) is 13.0 Å². The number of nitrogens with zero attached hydrogens (tertiary/aromatic N) is 1. The fourth-order valence-corrected chi connectivity index (χ4v) is 2.96. The lowest BCUT2D eigenvalue weighted by molar-refractivity contribution is -0.133. The van der Waals surface area contributed by atoms with Gasteiger partial charge in [-0.3, -0.25) is 4.79 Å². The van der Waals surface area contributed by atoms with E-state index >= 15 is 0 Å². The molecule has 1 fully saturated rings. The van der Waals surface area contributed by atoms with Crippen LogP contribution in [0.3, 0.4) is 0 Å². The van der Waals surface area contributed by atoms with Gasteiger partial charge in [-0.2, -0.15) is 0 Å². The maximum Gasteiger partial charge on any atom is 0.222 e. The minimum atomic E-state index is 0.0751. The van der Waals surface area contributed by atoms with Gasteiger partial charge < -0.3 is 10.6 Å². The van der Waals surface area contributed by atoms with Gasteiger partial charge in [0.15, 0.2) is 0 Å². The van der Waals surface area contributed by atoms with Gasteiger partial charge in [0.25, 0.3) is 0 Å². The fourth-order valence-electron chi connectivity index (χ4n) is 2.51. The Morgan fingerprint density at radius 2 is 2.25 bits per heavy atom. The summed E-state index contributed by atoms with van der Waals surface area (Å²) in [6.45, 7) is 5.88. The molecular formula is C16H23BrN2O. The normalized spacial score (nSPS) is 21.8. The topological polar surface area (TPSA) is 46.3 Å². The van der Waals surface area contributed by atoms with Crippen LogP contribution in [0.25, 0.3) is 0 Å². The molecule has 110 valence electrons. The highest BCUT2D eigenvalue weighted by Gasteiger charge is 2.34. The molecule has 0 aliphatic carbocycles. The van der Waals surface area contributed by atoms with Crippen molar-refractivity contribution in [2.24, 2.45) is 11.1 Å². The van der Waals surface area contributed by atoms with E-state index in [0.717, 1.165) is 23.9 Å². The van der Waals surface area contributed by atoms with Crippen molar-refractivity contribution >= 4 is 21.8 Å². The summed E-state index contributed by atoms with van der Waals surface area (Å²) < 4.78 is 1.06.